The average molecular weight is 430 g/mol. The lowest BCUT2D eigenvalue weighted by Crippen LogP contribution is -2.55. The van der Waals surface area contributed by atoms with Gasteiger partial charge in [0.05, 0.1) is 29.1 Å². The molecule has 0 bridgehead atoms. The highest BCUT2D eigenvalue weighted by atomic mass is 16.3. The van der Waals surface area contributed by atoms with Gasteiger partial charge in [-0.1, -0.05) is 13.8 Å². The van der Waals surface area contributed by atoms with E-state index in [9.17, 15) is 10.4 Å². The van der Waals surface area contributed by atoms with Crippen LogP contribution < -0.4 is 4.90 Å². The summed E-state index contributed by atoms with van der Waals surface area (Å²) in [5, 5.41) is 26.1. The van der Waals surface area contributed by atoms with Gasteiger partial charge in [0, 0.05) is 42.6 Å². The van der Waals surface area contributed by atoms with E-state index in [0.717, 1.165) is 54.8 Å². The first-order chi connectivity index (χ1) is 15.3. The number of pyridine rings is 1. The third-order valence-corrected chi connectivity index (χ3v) is 8.48. The van der Waals surface area contributed by atoms with Crippen molar-refractivity contribution in [1.29, 1.82) is 5.26 Å². The molecule has 3 aromatic rings. The number of nitriles is 1. The summed E-state index contributed by atoms with van der Waals surface area (Å²) in [5.74, 6) is 1.76. The Morgan fingerprint density at radius 1 is 1.06 bits per heavy atom. The van der Waals surface area contributed by atoms with E-state index < -0.39 is 11.0 Å². The van der Waals surface area contributed by atoms with Crippen molar-refractivity contribution < 1.29 is 5.11 Å². The minimum absolute atomic E-state index is 0.124. The molecular weight excluding hydrogens is 402 g/mol. The summed E-state index contributed by atoms with van der Waals surface area (Å²) in [6.07, 6.45) is 8.33. The number of hydrogen-bond donors (Lipinski definition) is 1. The minimum atomic E-state index is -0.688. The number of aliphatic hydroxyl groups is 1. The maximum absolute atomic E-state index is 10.8. The molecule has 0 amide bonds. The average Bonchev–Trinajstić information content (AvgIpc) is 3.66. The lowest BCUT2D eigenvalue weighted by Gasteiger charge is -2.46. The van der Waals surface area contributed by atoms with E-state index in [0.29, 0.717) is 5.82 Å². The molecule has 3 fully saturated rings. The lowest BCUT2D eigenvalue weighted by atomic mass is 9.76. The molecular formula is C24H27N7O. The molecule has 1 N–H and O–H groups in total. The monoisotopic (exact) mass is 429 g/mol. The van der Waals surface area contributed by atoms with Crippen LogP contribution >= 0.6 is 0 Å². The van der Waals surface area contributed by atoms with Gasteiger partial charge in [0.2, 0.25) is 0 Å². The molecule has 4 atom stereocenters. The van der Waals surface area contributed by atoms with Crippen LogP contribution in [0.25, 0.3) is 16.7 Å². The Labute approximate surface area is 186 Å². The first-order valence-corrected chi connectivity index (χ1v) is 11.3. The molecule has 8 heteroatoms. The zero-order chi connectivity index (χ0) is 22.3. The van der Waals surface area contributed by atoms with Crippen LogP contribution in [0.3, 0.4) is 0 Å². The van der Waals surface area contributed by atoms with Gasteiger partial charge in [-0.05, 0) is 37.7 Å². The summed E-state index contributed by atoms with van der Waals surface area (Å²) in [4.78, 5) is 15.9. The molecule has 1 aliphatic heterocycles. The minimum Gasteiger partial charge on any atom is -0.389 e. The molecule has 1 saturated heterocycles. The van der Waals surface area contributed by atoms with Crippen LogP contribution in [0.4, 0.5) is 5.82 Å². The van der Waals surface area contributed by atoms with Crippen molar-refractivity contribution in [3.05, 3.63) is 36.5 Å². The highest BCUT2D eigenvalue weighted by Gasteiger charge is 2.76. The number of rotatable bonds is 3. The fraction of sp³-hybridized carbons (Fsp3) is 0.542. The zero-order valence-corrected chi connectivity index (χ0v) is 18.7. The van der Waals surface area contributed by atoms with E-state index >= 15 is 0 Å². The van der Waals surface area contributed by atoms with Crippen LogP contribution in [0.2, 0.25) is 0 Å². The molecule has 3 aromatic heterocycles. The van der Waals surface area contributed by atoms with Crippen molar-refractivity contribution in [2.45, 2.75) is 51.0 Å². The summed E-state index contributed by atoms with van der Waals surface area (Å²) < 4.78 is 1.81. The maximum atomic E-state index is 10.8. The predicted octanol–water partition coefficient (Wildman–Crippen LogP) is 3.00. The highest BCUT2D eigenvalue weighted by molar-refractivity contribution is 5.80. The smallest absolute Gasteiger partial charge is 0.159 e. The molecule has 8 nitrogen and oxygen atoms in total. The Kier molecular flexibility index (Phi) is 3.84. The fourth-order valence-electron chi connectivity index (χ4n) is 5.54. The van der Waals surface area contributed by atoms with Gasteiger partial charge in [0.25, 0.3) is 0 Å². The second-order valence-electron chi connectivity index (χ2n) is 10.3. The van der Waals surface area contributed by atoms with Gasteiger partial charge in [-0.2, -0.15) is 10.4 Å². The second kappa shape index (κ2) is 6.26. The summed E-state index contributed by atoms with van der Waals surface area (Å²) in [7, 11) is 0. The van der Waals surface area contributed by atoms with E-state index in [-0.39, 0.29) is 17.3 Å². The molecule has 32 heavy (non-hydrogen) atoms. The van der Waals surface area contributed by atoms with E-state index in [4.69, 9.17) is 0 Å². The molecule has 6 rings (SSSR count). The van der Waals surface area contributed by atoms with E-state index in [1.54, 1.807) is 12.5 Å². The third kappa shape index (κ3) is 2.58. The highest BCUT2D eigenvalue weighted by Crippen LogP contribution is 2.78. The fourth-order valence-corrected chi connectivity index (χ4v) is 5.54. The normalized spacial score (nSPS) is 32.8. The summed E-state index contributed by atoms with van der Waals surface area (Å²) >= 11 is 0. The van der Waals surface area contributed by atoms with Gasteiger partial charge in [0.1, 0.15) is 17.6 Å². The summed E-state index contributed by atoms with van der Waals surface area (Å²) in [6.45, 7) is 7.54. The molecule has 2 aliphatic carbocycles. The molecule has 2 saturated carbocycles. The molecule has 1 spiro atoms. The summed E-state index contributed by atoms with van der Waals surface area (Å²) in [5.41, 5.74) is 0.789. The largest absolute Gasteiger partial charge is 0.389 e. The third-order valence-electron chi connectivity index (χ3n) is 8.48. The van der Waals surface area contributed by atoms with E-state index in [1.165, 1.54) is 0 Å². The number of nitrogens with zero attached hydrogens (tertiary/aromatic N) is 7. The molecule has 0 aromatic carbocycles. The Hall–Kier alpha value is -3.05. The van der Waals surface area contributed by atoms with E-state index in [2.05, 4.69) is 44.9 Å². The Balaban J connectivity index is 1.37. The standard InChI is InChI=1S/C24H27N7O/c1-15-10-30(11-16(2)22(15,3)32)20-7-21(28-14-27-20)31-18-6-19(26-8-17(18)9-29-31)24(13-25)12-23(24)4-5-23/h6-9,14-16,32H,4-5,10-12H2,1-3H3/t15-,16+,22?,24?. The van der Waals surface area contributed by atoms with Gasteiger partial charge in [-0.15, -0.1) is 0 Å². The van der Waals surface area contributed by atoms with Crippen molar-refractivity contribution in [3.63, 3.8) is 0 Å². The van der Waals surface area contributed by atoms with Crippen molar-refractivity contribution in [3.8, 4) is 11.9 Å². The molecule has 3 aliphatic rings. The quantitative estimate of drug-likeness (QED) is 0.682. The Morgan fingerprint density at radius 2 is 1.78 bits per heavy atom. The molecule has 2 unspecified atom stereocenters. The van der Waals surface area contributed by atoms with Crippen molar-refractivity contribution >= 4 is 16.7 Å². The summed E-state index contributed by atoms with van der Waals surface area (Å²) in [6, 6.07) is 6.53. The molecule has 164 valence electrons. The van der Waals surface area contributed by atoms with Crippen molar-refractivity contribution in [2.75, 3.05) is 18.0 Å². The van der Waals surface area contributed by atoms with Gasteiger partial charge in [-0.25, -0.2) is 14.6 Å². The van der Waals surface area contributed by atoms with E-state index in [1.807, 2.05) is 29.9 Å². The number of hydrogen-bond acceptors (Lipinski definition) is 7. The number of fused-ring (bicyclic) bond motifs is 1. The van der Waals surface area contributed by atoms with Crippen LogP contribution in [0.1, 0.15) is 45.7 Å². The van der Waals surface area contributed by atoms with Crippen molar-refractivity contribution in [1.82, 2.24) is 24.7 Å². The molecule has 0 radical (unpaired) electrons. The lowest BCUT2D eigenvalue weighted by molar-refractivity contribution is -0.0504. The number of piperidine rings is 1. The predicted molar refractivity (Wildman–Crippen MR) is 119 cm³/mol. The van der Waals surface area contributed by atoms with Crippen LogP contribution in [-0.2, 0) is 5.41 Å². The number of anilines is 1. The first kappa shape index (κ1) is 19.6. The van der Waals surface area contributed by atoms with Crippen LogP contribution in [0.5, 0.6) is 0 Å². The Bertz CT molecular complexity index is 1260. The zero-order valence-electron chi connectivity index (χ0n) is 18.7. The first-order valence-electron chi connectivity index (χ1n) is 11.3. The maximum Gasteiger partial charge on any atom is 0.159 e. The number of aromatic nitrogens is 5. The van der Waals surface area contributed by atoms with Gasteiger partial charge in [0.15, 0.2) is 5.82 Å². The second-order valence-corrected chi connectivity index (χ2v) is 10.3. The Morgan fingerprint density at radius 3 is 2.44 bits per heavy atom. The van der Waals surface area contributed by atoms with Crippen LogP contribution in [-0.4, -0.2) is 48.5 Å². The molecule has 4 heterocycles. The topological polar surface area (TPSA) is 104 Å². The van der Waals surface area contributed by atoms with Gasteiger partial charge >= 0.3 is 0 Å². The van der Waals surface area contributed by atoms with Crippen LogP contribution in [0.15, 0.2) is 30.9 Å². The van der Waals surface area contributed by atoms with Gasteiger partial charge < -0.3 is 10.0 Å². The van der Waals surface area contributed by atoms with Crippen molar-refractivity contribution in [2.24, 2.45) is 17.3 Å². The van der Waals surface area contributed by atoms with Crippen LogP contribution in [0, 0.1) is 28.6 Å². The SMILES string of the molecule is C[C@@H]1CN(c2cc(-n3ncc4cnc(C5(C#N)CC56CC6)cc43)ncn2)C[C@H](C)C1(C)O. The van der Waals surface area contributed by atoms with Gasteiger partial charge in [-0.3, -0.25) is 4.98 Å².